The maximum atomic E-state index is 13.4. The first-order valence-corrected chi connectivity index (χ1v) is 15.1. The normalized spacial score (nSPS) is 19.1. The highest BCUT2D eigenvalue weighted by molar-refractivity contribution is 5.93. The Morgan fingerprint density at radius 3 is 1.37 bits per heavy atom. The first kappa shape index (κ1) is 37.9. The van der Waals surface area contributed by atoms with Crippen LogP contribution in [-0.4, -0.2) is 117 Å². The van der Waals surface area contributed by atoms with Gasteiger partial charge in [-0.05, 0) is 60.7 Å². The molecule has 1 saturated heterocycles. The Kier molecular flexibility index (Phi) is 10.3. The summed E-state index contributed by atoms with van der Waals surface area (Å²) < 4.78 is 26.8. The Bertz CT molecular complexity index is 2060. The van der Waals surface area contributed by atoms with Gasteiger partial charge in [-0.15, -0.1) is 0 Å². The molecule has 5 rings (SSSR count). The van der Waals surface area contributed by atoms with Gasteiger partial charge in [0.2, 0.25) is 11.9 Å². The van der Waals surface area contributed by atoms with Crippen molar-refractivity contribution < 1.29 is 99.0 Å². The van der Waals surface area contributed by atoms with Gasteiger partial charge in [-0.25, -0.2) is 19.2 Å². The van der Waals surface area contributed by atoms with Gasteiger partial charge in [-0.2, -0.15) is 0 Å². The van der Waals surface area contributed by atoms with Gasteiger partial charge in [0, 0.05) is 0 Å². The summed E-state index contributed by atoms with van der Waals surface area (Å²) in [6, 6.07) is 8.52. The molecule has 20 nitrogen and oxygen atoms in total. The minimum absolute atomic E-state index is 0.226. The summed E-state index contributed by atoms with van der Waals surface area (Å²) in [7, 11) is 0. The van der Waals surface area contributed by atoms with E-state index in [1.54, 1.807) is 0 Å². The van der Waals surface area contributed by atoms with Crippen molar-refractivity contribution in [2.24, 2.45) is 0 Å². The molecule has 1 aliphatic rings. The molecular formula is C34H28O20. The average molecular weight is 757 g/mol. The van der Waals surface area contributed by atoms with Gasteiger partial charge in [0.15, 0.2) is 57.8 Å². The van der Waals surface area contributed by atoms with Gasteiger partial charge < -0.3 is 79.9 Å². The number of carbonyl (C=O) groups excluding carboxylic acids is 4. The van der Waals surface area contributed by atoms with Gasteiger partial charge in [0.05, 0.1) is 22.3 Å². The molecule has 11 N–H and O–H groups in total. The van der Waals surface area contributed by atoms with Crippen LogP contribution in [0.3, 0.4) is 0 Å². The summed E-state index contributed by atoms with van der Waals surface area (Å²) in [5, 5.41) is 110. The summed E-state index contributed by atoms with van der Waals surface area (Å²) in [6.07, 6.45) is -6.33. The van der Waals surface area contributed by atoms with E-state index in [0.717, 1.165) is 24.3 Å². The Morgan fingerprint density at radius 2 is 0.926 bits per heavy atom. The lowest BCUT2D eigenvalue weighted by Crippen LogP contribution is -2.55. The molecule has 0 saturated carbocycles. The number of rotatable bonds is 10. The monoisotopic (exact) mass is 756 g/mol. The van der Waals surface area contributed by atoms with Gasteiger partial charge in [-0.1, -0.05) is 0 Å². The molecule has 0 spiro atoms. The molecule has 0 aromatic heterocycles. The van der Waals surface area contributed by atoms with E-state index in [9.17, 15) is 75.3 Å². The fourth-order valence-electron chi connectivity index (χ4n) is 5.01. The molecule has 0 radical (unpaired) electrons. The highest BCUT2D eigenvalue weighted by Gasteiger charge is 2.62. The van der Waals surface area contributed by atoms with Crippen LogP contribution >= 0.6 is 0 Å². The van der Waals surface area contributed by atoms with Crippen LogP contribution in [0.25, 0.3) is 0 Å². The standard InChI is InChI=1S/C34H28O20/c35-17-3-1-13(2-4-17)31(47)54-33-34(49,12-51-30(46)15-7-20(38)26(43)21(39)8-15)28(53-32(48)16-9-22(40)27(44)23(41)10-16)24(52-33)11-50-29(45)14-5-18(36)25(42)19(37)6-14/h1-10,24,28,33,35-44,49H,11-12H2/t24-,28-,33-,34-/m1/s1. The molecule has 0 amide bonds. The molecule has 1 aliphatic heterocycles. The van der Waals surface area contributed by atoms with E-state index in [1.807, 2.05) is 0 Å². The van der Waals surface area contributed by atoms with E-state index >= 15 is 0 Å². The quantitative estimate of drug-likeness (QED) is 0.0617. The first-order valence-electron chi connectivity index (χ1n) is 15.1. The predicted octanol–water partition coefficient (Wildman–Crippen LogP) is 1.30. The third kappa shape index (κ3) is 7.63. The molecule has 0 aliphatic carbocycles. The number of carbonyl (C=O) groups is 4. The third-order valence-corrected chi connectivity index (χ3v) is 7.82. The highest BCUT2D eigenvalue weighted by atomic mass is 16.7. The minimum atomic E-state index is -2.97. The summed E-state index contributed by atoms with van der Waals surface area (Å²) in [6.45, 7) is -2.32. The average Bonchev–Trinajstić information content (AvgIpc) is 3.38. The van der Waals surface area contributed by atoms with Gasteiger partial charge >= 0.3 is 23.9 Å². The van der Waals surface area contributed by atoms with Crippen molar-refractivity contribution in [3.05, 3.63) is 82.9 Å². The molecule has 20 heteroatoms. The predicted molar refractivity (Wildman–Crippen MR) is 171 cm³/mol. The van der Waals surface area contributed by atoms with Crippen molar-refractivity contribution in [3.8, 4) is 57.5 Å². The molecule has 4 aromatic carbocycles. The molecule has 1 fully saturated rings. The summed E-state index contributed by atoms with van der Waals surface area (Å²) in [5.74, 6) is -14.3. The van der Waals surface area contributed by atoms with E-state index in [-0.39, 0.29) is 11.3 Å². The van der Waals surface area contributed by atoms with Crippen LogP contribution in [0.15, 0.2) is 60.7 Å². The molecule has 54 heavy (non-hydrogen) atoms. The number of benzene rings is 4. The number of hydrogen-bond acceptors (Lipinski definition) is 20. The second kappa shape index (κ2) is 14.7. The number of esters is 4. The van der Waals surface area contributed by atoms with Crippen LogP contribution in [0, 0.1) is 0 Å². The van der Waals surface area contributed by atoms with Crippen molar-refractivity contribution in [1.29, 1.82) is 0 Å². The maximum Gasteiger partial charge on any atom is 0.340 e. The SMILES string of the molecule is O=C(OC[C@H]1O[C@H](OC(=O)c2ccc(O)cc2)[C@@](O)(COC(=O)c2cc(O)c(O)c(O)c2)[C@@H]1OC(=O)c1cc(O)c(O)c(O)c1)c1cc(O)c(O)c(O)c1. The summed E-state index contributed by atoms with van der Waals surface area (Å²) in [4.78, 5) is 52.4. The smallest absolute Gasteiger partial charge is 0.340 e. The van der Waals surface area contributed by atoms with Crippen LogP contribution in [0.2, 0.25) is 0 Å². The van der Waals surface area contributed by atoms with Crippen molar-refractivity contribution in [3.63, 3.8) is 0 Å². The Morgan fingerprint density at radius 1 is 0.537 bits per heavy atom. The van der Waals surface area contributed by atoms with Crippen molar-refractivity contribution in [2.45, 2.75) is 24.1 Å². The molecule has 0 bridgehead atoms. The van der Waals surface area contributed by atoms with Crippen LogP contribution < -0.4 is 0 Å². The van der Waals surface area contributed by atoms with E-state index in [2.05, 4.69) is 0 Å². The van der Waals surface area contributed by atoms with Crippen LogP contribution in [0.5, 0.6) is 57.5 Å². The number of phenols is 10. The first-order chi connectivity index (χ1) is 25.4. The summed E-state index contributed by atoms with van der Waals surface area (Å²) in [5.41, 5.74) is -4.95. The van der Waals surface area contributed by atoms with E-state index < -0.39 is 130 Å². The van der Waals surface area contributed by atoms with Gasteiger partial charge in [0.1, 0.15) is 25.1 Å². The van der Waals surface area contributed by atoms with Crippen molar-refractivity contribution in [2.75, 3.05) is 13.2 Å². The van der Waals surface area contributed by atoms with Crippen LogP contribution in [0.4, 0.5) is 0 Å². The highest BCUT2D eigenvalue weighted by Crippen LogP contribution is 2.40. The Labute approximate surface area is 300 Å². The van der Waals surface area contributed by atoms with Crippen LogP contribution in [0.1, 0.15) is 41.4 Å². The fourth-order valence-corrected chi connectivity index (χ4v) is 5.01. The molecule has 4 atom stereocenters. The number of aromatic hydroxyl groups is 10. The zero-order chi connectivity index (χ0) is 39.6. The number of ether oxygens (including phenoxy) is 5. The van der Waals surface area contributed by atoms with Crippen LogP contribution in [-0.2, 0) is 23.7 Å². The molecular weight excluding hydrogens is 728 g/mol. The Hall–Kier alpha value is -7.32. The van der Waals surface area contributed by atoms with Crippen molar-refractivity contribution >= 4 is 23.9 Å². The third-order valence-electron chi connectivity index (χ3n) is 7.82. The lowest BCUT2D eigenvalue weighted by atomic mass is 9.95. The summed E-state index contributed by atoms with van der Waals surface area (Å²) >= 11 is 0. The Balaban J connectivity index is 1.52. The van der Waals surface area contributed by atoms with E-state index in [1.165, 1.54) is 0 Å². The van der Waals surface area contributed by atoms with Gasteiger partial charge in [0.25, 0.3) is 0 Å². The minimum Gasteiger partial charge on any atom is -0.508 e. The zero-order valence-corrected chi connectivity index (χ0v) is 27.0. The van der Waals surface area contributed by atoms with E-state index in [0.29, 0.717) is 36.4 Å². The topological polar surface area (TPSA) is 337 Å². The number of aliphatic hydroxyl groups is 1. The lowest BCUT2D eigenvalue weighted by Gasteiger charge is -2.32. The molecule has 1 heterocycles. The molecule has 284 valence electrons. The maximum absolute atomic E-state index is 13.4. The number of phenolic OH excluding ortho intramolecular Hbond substituents is 10. The largest absolute Gasteiger partial charge is 0.508 e. The second-order valence-electron chi connectivity index (χ2n) is 11.5. The van der Waals surface area contributed by atoms with Crippen molar-refractivity contribution in [1.82, 2.24) is 0 Å². The lowest BCUT2D eigenvalue weighted by molar-refractivity contribution is -0.193. The fraction of sp³-hybridized carbons (Fsp3) is 0.176. The van der Waals surface area contributed by atoms with E-state index in [4.69, 9.17) is 23.7 Å². The zero-order valence-electron chi connectivity index (χ0n) is 27.0. The molecule has 0 unspecified atom stereocenters. The number of hydrogen-bond donors (Lipinski definition) is 11. The second-order valence-corrected chi connectivity index (χ2v) is 11.5. The molecule has 4 aromatic rings. The van der Waals surface area contributed by atoms with Gasteiger partial charge in [-0.3, -0.25) is 0 Å².